The zero-order valence-corrected chi connectivity index (χ0v) is 9.77. The predicted molar refractivity (Wildman–Crippen MR) is 57.8 cm³/mol. The standard InChI is InChI=1S/C8H14N4O3S/c1-6(9)7-10-11-8(15-7)12-2-4-16(13,14)5-3-12/h6H,2-5,9H2,1H3. The molecule has 8 heteroatoms. The van der Waals surface area contributed by atoms with Crippen molar-refractivity contribution in [3.8, 4) is 0 Å². The molecule has 0 aliphatic carbocycles. The van der Waals surface area contributed by atoms with Gasteiger partial charge in [-0.2, -0.15) is 0 Å². The molecule has 1 saturated heterocycles. The van der Waals surface area contributed by atoms with Gasteiger partial charge in [0.15, 0.2) is 9.84 Å². The maximum Gasteiger partial charge on any atom is 0.318 e. The van der Waals surface area contributed by atoms with Crippen molar-refractivity contribution < 1.29 is 12.8 Å². The van der Waals surface area contributed by atoms with E-state index in [0.717, 1.165) is 0 Å². The first-order valence-corrected chi connectivity index (χ1v) is 6.84. The van der Waals surface area contributed by atoms with Gasteiger partial charge in [0.25, 0.3) is 0 Å². The monoisotopic (exact) mass is 246 g/mol. The van der Waals surface area contributed by atoms with Crippen LogP contribution < -0.4 is 10.6 Å². The van der Waals surface area contributed by atoms with Crippen LogP contribution in [0.15, 0.2) is 4.42 Å². The number of nitrogens with two attached hydrogens (primary N) is 1. The lowest BCUT2D eigenvalue weighted by atomic mass is 10.4. The smallest absolute Gasteiger partial charge is 0.318 e. The molecule has 1 aliphatic heterocycles. The van der Waals surface area contributed by atoms with E-state index in [1.807, 2.05) is 0 Å². The van der Waals surface area contributed by atoms with E-state index in [1.165, 1.54) is 0 Å². The molecule has 1 aliphatic rings. The largest absolute Gasteiger partial charge is 0.406 e. The van der Waals surface area contributed by atoms with Crippen molar-refractivity contribution in [2.75, 3.05) is 29.5 Å². The highest BCUT2D eigenvalue weighted by atomic mass is 32.2. The van der Waals surface area contributed by atoms with Gasteiger partial charge in [-0.3, -0.25) is 0 Å². The van der Waals surface area contributed by atoms with Crippen molar-refractivity contribution in [2.24, 2.45) is 5.73 Å². The van der Waals surface area contributed by atoms with E-state index in [0.29, 0.717) is 25.0 Å². The van der Waals surface area contributed by atoms with E-state index >= 15 is 0 Å². The van der Waals surface area contributed by atoms with E-state index in [4.69, 9.17) is 10.2 Å². The summed E-state index contributed by atoms with van der Waals surface area (Å²) in [4.78, 5) is 1.76. The van der Waals surface area contributed by atoms with Gasteiger partial charge < -0.3 is 15.1 Å². The average Bonchev–Trinajstić information content (AvgIpc) is 2.66. The van der Waals surface area contributed by atoms with Crippen molar-refractivity contribution in [1.29, 1.82) is 0 Å². The van der Waals surface area contributed by atoms with Gasteiger partial charge in [-0.15, -0.1) is 5.10 Å². The number of aromatic nitrogens is 2. The van der Waals surface area contributed by atoms with Crippen molar-refractivity contribution in [3.05, 3.63) is 5.89 Å². The maximum absolute atomic E-state index is 11.2. The van der Waals surface area contributed by atoms with Gasteiger partial charge >= 0.3 is 6.01 Å². The normalized spacial score (nSPS) is 22.0. The fraction of sp³-hybridized carbons (Fsp3) is 0.750. The second-order valence-electron chi connectivity index (χ2n) is 3.85. The summed E-state index contributed by atoms with van der Waals surface area (Å²) in [6, 6.07) is 0.0389. The molecule has 2 rings (SSSR count). The Morgan fingerprint density at radius 2 is 2.00 bits per heavy atom. The van der Waals surface area contributed by atoms with Gasteiger partial charge in [0.05, 0.1) is 17.5 Å². The fourth-order valence-corrected chi connectivity index (χ4v) is 2.64. The van der Waals surface area contributed by atoms with Crippen LogP contribution >= 0.6 is 0 Å². The molecular weight excluding hydrogens is 232 g/mol. The zero-order chi connectivity index (χ0) is 11.8. The van der Waals surface area contributed by atoms with E-state index in [-0.39, 0.29) is 17.5 Å². The van der Waals surface area contributed by atoms with Gasteiger partial charge in [-0.05, 0) is 6.92 Å². The number of sulfone groups is 1. The first-order chi connectivity index (χ1) is 7.48. The second-order valence-corrected chi connectivity index (χ2v) is 6.15. The molecule has 0 saturated carbocycles. The predicted octanol–water partition coefficient (Wildman–Crippen LogP) is -0.676. The summed E-state index contributed by atoms with van der Waals surface area (Å²) in [6.07, 6.45) is 0. The van der Waals surface area contributed by atoms with Crippen molar-refractivity contribution >= 4 is 15.9 Å². The summed E-state index contributed by atoms with van der Waals surface area (Å²) >= 11 is 0. The van der Waals surface area contributed by atoms with E-state index in [2.05, 4.69) is 10.2 Å². The van der Waals surface area contributed by atoms with E-state index in [1.54, 1.807) is 11.8 Å². The summed E-state index contributed by atoms with van der Waals surface area (Å²) in [5.74, 6) is 0.620. The molecule has 2 heterocycles. The topological polar surface area (TPSA) is 102 Å². The average molecular weight is 246 g/mol. The highest BCUT2D eigenvalue weighted by molar-refractivity contribution is 7.91. The van der Waals surface area contributed by atoms with Crippen LogP contribution in [0.3, 0.4) is 0 Å². The molecule has 0 spiro atoms. The third-order valence-electron chi connectivity index (χ3n) is 2.43. The number of anilines is 1. The molecule has 1 aromatic heterocycles. The zero-order valence-electron chi connectivity index (χ0n) is 8.96. The lowest BCUT2D eigenvalue weighted by molar-refractivity contribution is 0.457. The molecule has 1 aromatic rings. The van der Waals surface area contributed by atoms with Gasteiger partial charge in [0, 0.05) is 13.1 Å². The van der Waals surface area contributed by atoms with Crippen LogP contribution in [0, 0.1) is 0 Å². The SMILES string of the molecule is CC(N)c1nnc(N2CCS(=O)(=O)CC2)o1. The number of hydrogen-bond donors (Lipinski definition) is 1. The summed E-state index contributed by atoms with van der Waals surface area (Å²) in [5, 5.41) is 7.64. The minimum absolute atomic E-state index is 0.128. The Kier molecular flexibility index (Phi) is 2.85. The Bertz CT molecular complexity index is 453. The third kappa shape index (κ3) is 2.33. The first kappa shape index (κ1) is 11.3. The van der Waals surface area contributed by atoms with E-state index in [9.17, 15) is 8.42 Å². The molecular formula is C8H14N4O3S. The van der Waals surface area contributed by atoms with Crippen LogP contribution in [0.1, 0.15) is 18.9 Å². The Labute approximate surface area is 93.5 Å². The first-order valence-electron chi connectivity index (χ1n) is 5.02. The molecule has 2 N–H and O–H groups in total. The van der Waals surface area contributed by atoms with Gasteiger partial charge in [0.1, 0.15) is 0 Å². The van der Waals surface area contributed by atoms with Crippen LogP contribution in [0.25, 0.3) is 0 Å². The third-order valence-corrected chi connectivity index (χ3v) is 4.04. The Morgan fingerprint density at radius 3 is 2.50 bits per heavy atom. The maximum atomic E-state index is 11.2. The molecule has 0 radical (unpaired) electrons. The number of hydrogen-bond acceptors (Lipinski definition) is 7. The summed E-state index contributed by atoms with van der Waals surface area (Å²) in [5.41, 5.74) is 5.59. The van der Waals surface area contributed by atoms with Crippen molar-refractivity contribution in [1.82, 2.24) is 10.2 Å². The Hall–Kier alpha value is -1.15. The molecule has 0 bridgehead atoms. The van der Waals surface area contributed by atoms with Crippen LogP contribution in [0.5, 0.6) is 0 Å². The molecule has 90 valence electrons. The molecule has 1 unspecified atom stereocenters. The van der Waals surface area contributed by atoms with Gasteiger partial charge in [-0.1, -0.05) is 5.10 Å². The highest BCUT2D eigenvalue weighted by Gasteiger charge is 2.25. The molecule has 7 nitrogen and oxygen atoms in total. The molecule has 1 atom stereocenters. The lowest BCUT2D eigenvalue weighted by Gasteiger charge is -2.24. The summed E-state index contributed by atoms with van der Waals surface area (Å²) < 4.78 is 27.8. The van der Waals surface area contributed by atoms with Crippen LogP contribution in [0.4, 0.5) is 6.01 Å². The number of nitrogens with zero attached hydrogens (tertiary/aromatic N) is 3. The fourth-order valence-electron chi connectivity index (χ4n) is 1.44. The van der Waals surface area contributed by atoms with Gasteiger partial charge in [-0.25, -0.2) is 8.42 Å². The minimum atomic E-state index is -2.89. The van der Waals surface area contributed by atoms with Crippen molar-refractivity contribution in [2.45, 2.75) is 13.0 Å². The highest BCUT2D eigenvalue weighted by Crippen LogP contribution is 2.17. The van der Waals surface area contributed by atoms with Crippen molar-refractivity contribution in [3.63, 3.8) is 0 Å². The Balaban J connectivity index is 2.08. The molecule has 0 aromatic carbocycles. The molecule has 16 heavy (non-hydrogen) atoms. The number of rotatable bonds is 2. The van der Waals surface area contributed by atoms with Crippen LogP contribution in [0.2, 0.25) is 0 Å². The minimum Gasteiger partial charge on any atom is -0.406 e. The van der Waals surface area contributed by atoms with Crippen LogP contribution in [-0.4, -0.2) is 43.2 Å². The Morgan fingerprint density at radius 1 is 1.38 bits per heavy atom. The molecule has 0 amide bonds. The second kappa shape index (κ2) is 4.02. The summed E-state index contributed by atoms with van der Waals surface area (Å²) in [6.45, 7) is 2.53. The van der Waals surface area contributed by atoms with Crippen LogP contribution in [-0.2, 0) is 9.84 Å². The van der Waals surface area contributed by atoms with Gasteiger partial charge in [0.2, 0.25) is 5.89 Å². The molecule has 1 fully saturated rings. The lowest BCUT2D eigenvalue weighted by Crippen LogP contribution is -2.40. The quantitative estimate of drug-likeness (QED) is 0.737. The summed E-state index contributed by atoms with van der Waals surface area (Å²) in [7, 11) is -2.89. The van der Waals surface area contributed by atoms with E-state index < -0.39 is 9.84 Å².